The average molecular weight is 453 g/mol. The molecule has 4 rings (SSSR count). The number of ether oxygens (including phenoxy) is 4. The number of aromatic amines is 1. The summed E-state index contributed by atoms with van der Waals surface area (Å²) in [5.74, 6) is 1.99. The summed E-state index contributed by atoms with van der Waals surface area (Å²) in [6.07, 6.45) is 5.25. The number of pyridine rings is 1. The van der Waals surface area contributed by atoms with Crippen LogP contribution in [0.4, 0.5) is 0 Å². The molecule has 1 saturated carbocycles. The second-order valence-electron chi connectivity index (χ2n) is 7.81. The van der Waals surface area contributed by atoms with Crippen LogP contribution in [0.1, 0.15) is 36.2 Å². The second kappa shape index (κ2) is 10.2. The number of hydrogen-bond acceptors (Lipinski definition) is 7. The van der Waals surface area contributed by atoms with Crippen molar-refractivity contribution < 1.29 is 23.7 Å². The van der Waals surface area contributed by atoms with Gasteiger partial charge in [-0.25, -0.2) is 4.98 Å². The lowest BCUT2D eigenvalue weighted by Gasteiger charge is -2.29. The Morgan fingerprint density at radius 3 is 2.33 bits per heavy atom. The molecule has 2 heterocycles. The van der Waals surface area contributed by atoms with Gasteiger partial charge in [-0.15, -0.1) is 0 Å². The monoisotopic (exact) mass is 452 g/mol. The Morgan fingerprint density at radius 1 is 1.00 bits per heavy atom. The van der Waals surface area contributed by atoms with Crippen molar-refractivity contribution in [1.29, 1.82) is 0 Å². The number of rotatable bonds is 8. The zero-order chi connectivity index (χ0) is 23.2. The predicted octanol–water partition coefficient (Wildman–Crippen LogP) is 3.62. The summed E-state index contributed by atoms with van der Waals surface area (Å²) in [6.45, 7) is 0. The molecule has 9 nitrogen and oxygen atoms in total. The van der Waals surface area contributed by atoms with Crippen LogP contribution < -0.4 is 24.3 Å². The number of hydrogen-bond donors (Lipinski definition) is 2. The Morgan fingerprint density at radius 2 is 1.73 bits per heavy atom. The highest BCUT2D eigenvalue weighted by Gasteiger charge is 2.25. The van der Waals surface area contributed by atoms with E-state index in [4.69, 9.17) is 18.9 Å². The van der Waals surface area contributed by atoms with E-state index in [0.29, 0.717) is 34.5 Å². The van der Waals surface area contributed by atoms with Gasteiger partial charge < -0.3 is 24.3 Å². The van der Waals surface area contributed by atoms with E-state index < -0.39 is 0 Å². The lowest BCUT2D eigenvalue weighted by atomic mass is 9.93. The minimum Gasteiger partial charge on any atom is -0.493 e. The van der Waals surface area contributed by atoms with Crippen molar-refractivity contribution in [3.05, 3.63) is 48.3 Å². The molecule has 9 heteroatoms. The molecule has 0 radical (unpaired) electrons. The molecule has 1 aliphatic carbocycles. The van der Waals surface area contributed by atoms with Crippen LogP contribution in [0.25, 0.3) is 11.3 Å². The molecule has 2 aromatic heterocycles. The van der Waals surface area contributed by atoms with Crippen molar-refractivity contribution >= 4 is 5.91 Å². The average Bonchev–Trinajstić information content (AvgIpc) is 3.35. The molecule has 1 fully saturated rings. The van der Waals surface area contributed by atoms with Gasteiger partial charge in [-0.1, -0.05) is 6.07 Å². The maximum atomic E-state index is 12.8. The van der Waals surface area contributed by atoms with Gasteiger partial charge in [-0.2, -0.15) is 5.10 Å². The minimum absolute atomic E-state index is 0.0917. The van der Waals surface area contributed by atoms with Gasteiger partial charge in [-0.05, 0) is 49.9 Å². The minimum atomic E-state index is -0.185. The molecule has 0 aliphatic heterocycles. The Hall–Kier alpha value is -3.75. The Balaban J connectivity index is 1.37. The first-order chi connectivity index (χ1) is 16.1. The molecule has 0 bridgehead atoms. The van der Waals surface area contributed by atoms with E-state index in [9.17, 15) is 4.79 Å². The third-order valence-corrected chi connectivity index (χ3v) is 5.72. The molecule has 2 N–H and O–H groups in total. The maximum absolute atomic E-state index is 12.8. The fourth-order valence-electron chi connectivity index (χ4n) is 3.99. The van der Waals surface area contributed by atoms with Crippen molar-refractivity contribution in [1.82, 2.24) is 20.5 Å². The number of benzene rings is 1. The number of methoxy groups -OCH3 is 3. The van der Waals surface area contributed by atoms with E-state index >= 15 is 0 Å². The predicted molar refractivity (Wildman–Crippen MR) is 122 cm³/mol. The Labute approximate surface area is 192 Å². The standard InChI is InChI=1S/C24H28N4O5/c1-30-20-12-15(13-21(31-2)23(20)32-3)18-14-19(28-27-18)24(29)26-16-7-9-17(10-8-16)33-22-6-4-5-11-25-22/h4-6,11-14,16-17H,7-10H2,1-3H3,(H,26,29)(H,27,28). The van der Waals surface area contributed by atoms with Crippen LogP contribution in [0.3, 0.4) is 0 Å². The maximum Gasteiger partial charge on any atom is 0.269 e. The molecule has 0 unspecified atom stereocenters. The van der Waals surface area contributed by atoms with E-state index in [-0.39, 0.29) is 18.1 Å². The molecule has 3 aromatic rings. The van der Waals surface area contributed by atoms with Crippen LogP contribution in [0.15, 0.2) is 42.6 Å². The summed E-state index contributed by atoms with van der Waals surface area (Å²) < 4.78 is 22.1. The third kappa shape index (κ3) is 5.19. The van der Waals surface area contributed by atoms with E-state index in [1.54, 1.807) is 45.7 Å². The van der Waals surface area contributed by atoms with E-state index in [1.165, 1.54) is 0 Å². The van der Waals surface area contributed by atoms with Gasteiger partial charge >= 0.3 is 0 Å². The van der Waals surface area contributed by atoms with Gasteiger partial charge in [0.25, 0.3) is 5.91 Å². The van der Waals surface area contributed by atoms with Gasteiger partial charge in [0.2, 0.25) is 11.6 Å². The van der Waals surface area contributed by atoms with Crippen molar-refractivity contribution in [2.24, 2.45) is 0 Å². The molecular weight excluding hydrogens is 424 g/mol. The van der Waals surface area contributed by atoms with Crippen LogP contribution in [-0.4, -0.2) is 54.6 Å². The number of amides is 1. The molecule has 174 valence electrons. The van der Waals surface area contributed by atoms with Crippen LogP contribution in [0.2, 0.25) is 0 Å². The molecule has 1 amide bonds. The van der Waals surface area contributed by atoms with Crippen molar-refractivity contribution in [3.63, 3.8) is 0 Å². The summed E-state index contributed by atoms with van der Waals surface area (Å²) >= 11 is 0. The first-order valence-electron chi connectivity index (χ1n) is 10.9. The Kier molecular flexibility index (Phi) is 6.97. The van der Waals surface area contributed by atoms with E-state index in [2.05, 4.69) is 20.5 Å². The van der Waals surface area contributed by atoms with Crippen molar-refractivity contribution in [3.8, 4) is 34.4 Å². The largest absolute Gasteiger partial charge is 0.493 e. The SMILES string of the molecule is COc1cc(-c2cc(C(=O)NC3CCC(Oc4ccccn4)CC3)[nH]n2)cc(OC)c1OC. The number of nitrogens with one attached hydrogen (secondary N) is 2. The van der Waals surface area contributed by atoms with Gasteiger partial charge in [0.05, 0.1) is 27.0 Å². The lowest BCUT2D eigenvalue weighted by molar-refractivity contribution is 0.0885. The number of aromatic nitrogens is 3. The normalized spacial score (nSPS) is 17.8. The van der Waals surface area contributed by atoms with Gasteiger partial charge in [0.15, 0.2) is 11.5 Å². The van der Waals surface area contributed by atoms with Gasteiger partial charge in [0.1, 0.15) is 11.8 Å². The number of nitrogens with zero attached hydrogens (tertiary/aromatic N) is 2. The fourth-order valence-corrected chi connectivity index (χ4v) is 3.99. The van der Waals surface area contributed by atoms with E-state index in [1.807, 2.05) is 18.2 Å². The molecule has 0 spiro atoms. The summed E-state index contributed by atoms with van der Waals surface area (Å²) in [4.78, 5) is 17.0. The summed E-state index contributed by atoms with van der Waals surface area (Å²) in [5.41, 5.74) is 1.74. The summed E-state index contributed by atoms with van der Waals surface area (Å²) in [7, 11) is 4.66. The first kappa shape index (κ1) is 22.4. The zero-order valence-electron chi connectivity index (χ0n) is 19.0. The molecular formula is C24H28N4O5. The molecule has 1 aliphatic rings. The second-order valence-corrected chi connectivity index (χ2v) is 7.81. The molecule has 1 aromatic carbocycles. The highest BCUT2D eigenvalue weighted by Crippen LogP contribution is 2.40. The van der Waals surface area contributed by atoms with E-state index in [0.717, 1.165) is 31.2 Å². The van der Waals surface area contributed by atoms with Crippen LogP contribution in [-0.2, 0) is 0 Å². The summed E-state index contributed by atoms with van der Waals surface area (Å²) in [6, 6.07) is 11.0. The van der Waals surface area contributed by atoms with Crippen molar-refractivity contribution in [2.45, 2.75) is 37.8 Å². The topological polar surface area (TPSA) is 108 Å². The molecule has 0 atom stereocenters. The first-order valence-corrected chi connectivity index (χ1v) is 10.9. The van der Waals surface area contributed by atoms with Gasteiger partial charge in [-0.3, -0.25) is 9.89 Å². The third-order valence-electron chi connectivity index (χ3n) is 5.72. The Bertz CT molecular complexity index is 1050. The van der Waals surface area contributed by atoms with Crippen LogP contribution in [0.5, 0.6) is 23.1 Å². The quantitative estimate of drug-likeness (QED) is 0.537. The number of carbonyl (C=O) groups is 1. The fraction of sp³-hybridized carbons (Fsp3) is 0.375. The number of H-pyrrole nitrogens is 1. The van der Waals surface area contributed by atoms with Crippen LogP contribution in [0, 0.1) is 0 Å². The lowest BCUT2D eigenvalue weighted by Crippen LogP contribution is -2.39. The highest BCUT2D eigenvalue weighted by molar-refractivity contribution is 5.93. The molecule has 33 heavy (non-hydrogen) atoms. The summed E-state index contributed by atoms with van der Waals surface area (Å²) in [5, 5.41) is 10.2. The van der Waals surface area contributed by atoms with Gasteiger partial charge in [0, 0.05) is 23.9 Å². The van der Waals surface area contributed by atoms with Crippen LogP contribution >= 0.6 is 0 Å². The van der Waals surface area contributed by atoms with Crippen molar-refractivity contribution in [2.75, 3.05) is 21.3 Å². The zero-order valence-corrected chi connectivity index (χ0v) is 19.0. The highest BCUT2D eigenvalue weighted by atomic mass is 16.5. The molecule has 0 saturated heterocycles. The smallest absolute Gasteiger partial charge is 0.269 e. The number of carbonyl (C=O) groups excluding carboxylic acids is 1.